The highest BCUT2D eigenvalue weighted by atomic mass is 19.4. The fraction of sp³-hybridized carbons (Fsp3) is 0.125. The molecule has 0 aliphatic carbocycles. The van der Waals surface area contributed by atoms with Gasteiger partial charge in [-0.25, -0.2) is 4.39 Å². The number of nitrogens with one attached hydrogen (secondary N) is 2. The number of para-hydroxylation sites is 1. The number of alkyl halides is 3. The van der Waals surface area contributed by atoms with Gasteiger partial charge in [-0.15, -0.1) is 0 Å². The monoisotopic (exact) mass is 340 g/mol. The zero-order valence-corrected chi connectivity index (χ0v) is 12.2. The maximum absolute atomic E-state index is 13.0. The normalized spacial score (nSPS) is 11.0. The molecule has 8 heteroatoms. The molecule has 0 fully saturated rings. The Kier molecular flexibility index (Phi) is 5.18. The smallest absolute Gasteiger partial charge is 0.326 e. The van der Waals surface area contributed by atoms with Crippen molar-refractivity contribution < 1.29 is 27.2 Å². The van der Waals surface area contributed by atoms with Crippen LogP contribution in [0, 0.1) is 5.82 Å². The molecule has 2 amide bonds. The van der Waals surface area contributed by atoms with Crippen molar-refractivity contribution in [2.24, 2.45) is 0 Å². The number of carbonyl (C=O) groups is 2. The Morgan fingerprint density at radius 2 is 1.58 bits per heavy atom. The van der Waals surface area contributed by atoms with Crippen LogP contribution in [0.3, 0.4) is 0 Å². The maximum atomic E-state index is 13.0. The van der Waals surface area contributed by atoms with Crippen molar-refractivity contribution in [2.45, 2.75) is 12.6 Å². The quantitative estimate of drug-likeness (QED) is 0.657. The van der Waals surface area contributed by atoms with E-state index in [2.05, 4.69) is 10.6 Å². The van der Waals surface area contributed by atoms with Crippen LogP contribution in [0.25, 0.3) is 0 Å². The van der Waals surface area contributed by atoms with Crippen LogP contribution in [0.2, 0.25) is 0 Å². The van der Waals surface area contributed by atoms with Crippen molar-refractivity contribution in [3.05, 3.63) is 59.9 Å². The second-order valence-electron chi connectivity index (χ2n) is 4.83. The van der Waals surface area contributed by atoms with Crippen molar-refractivity contribution in [1.82, 2.24) is 0 Å². The van der Waals surface area contributed by atoms with E-state index in [1.807, 2.05) is 0 Å². The number of hydrogen-bond acceptors (Lipinski definition) is 2. The molecule has 0 aromatic heterocycles. The van der Waals surface area contributed by atoms with E-state index in [0.29, 0.717) is 0 Å². The Hall–Kier alpha value is -2.90. The molecule has 0 heterocycles. The van der Waals surface area contributed by atoms with E-state index in [1.165, 1.54) is 30.3 Å². The number of carbonyl (C=O) groups excluding carboxylic acids is 2. The molecule has 2 rings (SSSR count). The molecule has 0 radical (unpaired) electrons. The molecule has 0 aliphatic rings. The number of rotatable bonds is 4. The molecular weight excluding hydrogens is 328 g/mol. The second-order valence-corrected chi connectivity index (χ2v) is 4.83. The van der Waals surface area contributed by atoms with Crippen molar-refractivity contribution in [3.63, 3.8) is 0 Å². The van der Waals surface area contributed by atoms with Gasteiger partial charge < -0.3 is 10.6 Å². The average molecular weight is 340 g/mol. The largest absolute Gasteiger partial charge is 0.418 e. The van der Waals surface area contributed by atoms with Crippen LogP contribution in [-0.2, 0) is 15.8 Å². The summed E-state index contributed by atoms with van der Waals surface area (Å²) in [4.78, 5) is 23.4. The van der Waals surface area contributed by atoms with Gasteiger partial charge >= 0.3 is 6.18 Å². The van der Waals surface area contributed by atoms with Gasteiger partial charge in [0.05, 0.1) is 11.3 Å². The summed E-state index contributed by atoms with van der Waals surface area (Å²) in [5, 5.41) is 4.33. The lowest BCUT2D eigenvalue weighted by atomic mass is 10.1. The molecule has 0 spiro atoms. The molecule has 2 N–H and O–H groups in total. The van der Waals surface area contributed by atoms with Gasteiger partial charge in [0.1, 0.15) is 12.2 Å². The number of anilines is 2. The minimum absolute atomic E-state index is 0.142. The van der Waals surface area contributed by atoms with Crippen molar-refractivity contribution >= 4 is 23.2 Å². The lowest BCUT2D eigenvalue weighted by molar-refractivity contribution is -0.137. The first-order valence-corrected chi connectivity index (χ1v) is 6.77. The topological polar surface area (TPSA) is 58.2 Å². The van der Waals surface area contributed by atoms with Gasteiger partial charge in [-0.05, 0) is 30.3 Å². The Bertz CT molecular complexity index is 760. The fourth-order valence-electron chi connectivity index (χ4n) is 1.95. The molecule has 126 valence electrons. The molecule has 0 bridgehead atoms. The predicted molar refractivity (Wildman–Crippen MR) is 79.7 cm³/mol. The third-order valence-corrected chi connectivity index (χ3v) is 2.94. The van der Waals surface area contributed by atoms with Crippen molar-refractivity contribution in [3.8, 4) is 0 Å². The third kappa shape index (κ3) is 4.80. The van der Waals surface area contributed by atoms with Gasteiger partial charge in [0.2, 0.25) is 11.8 Å². The Morgan fingerprint density at radius 3 is 2.25 bits per heavy atom. The Labute approximate surface area is 134 Å². The van der Waals surface area contributed by atoms with E-state index < -0.39 is 41.5 Å². The molecule has 4 nitrogen and oxygen atoms in total. The van der Waals surface area contributed by atoms with Gasteiger partial charge in [-0.2, -0.15) is 13.2 Å². The molecule has 24 heavy (non-hydrogen) atoms. The SMILES string of the molecule is O=C(CC(=O)Nc1ccccc1C(F)(F)F)Nc1cccc(F)c1. The number of hydrogen-bond donors (Lipinski definition) is 2. The van der Waals surface area contributed by atoms with Crippen LogP contribution in [0.15, 0.2) is 48.5 Å². The van der Waals surface area contributed by atoms with E-state index in [-0.39, 0.29) is 5.69 Å². The van der Waals surface area contributed by atoms with E-state index in [4.69, 9.17) is 0 Å². The second kappa shape index (κ2) is 7.12. The van der Waals surface area contributed by atoms with Gasteiger partial charge in [-0.3, -0.25) is 9.59 Å². The number of amides is 2. The van der Waals surface area contributed by atoms with Crippen LogP contribution in [0.1, 0.15) is 12.0 Å². The molecule has 2 aromatic carbocycles. The zero-order chi connectivity index (χ0) is 17.7. The summed E-state index contributed by atoms with van der Waals surface area (Å²) < 4.78 is 51.4. The molecule has 0 saturated heterocycles. The third-order valence-electron chi connectivity index (χ3n) is 2.94. The summed E-state index contributed by atoms with van der Waals surface area (Å²) in [5.74, 6) is -2.26. The van der Waals surface area contributed by atoms with Gasteiger partial charge in [0.15, 0.2) is 0 Å². The summed E-state index contributed by atoms with van der Waals surface area (Å²) in [5.41, 5.74) is -1.30. The van der Waals surface area contributed by atoms with E-state index >= 15 is 0 Å². The standard InChI is InChI=1S/C16H12F4N2O2/c17-10-4-3-5-11(8-10)21-14(23)9-15(24)22-13-7-2-1-6-12(13)16(18,19)20/h1-8H,9H2,(H,21,23)(H,22,24). The first-order valence-electron chi connectivity index (χ1n) is 6.77. The lowest BCUT2D eigenvalue weighted by Gasteiger charge is -2.13. The number of halogens is 4. The van der Waals surface area contributed by atoms with E-state index in [1.54, 1.807) is 0 Å². The lowest BCUT2D eigenvalue weighted by Crippen LogP contribution is -2.22. The summed E-state index contributed by atoms with van der Waals surface area (Å²) in [6.45, 7) is 0. The van der Waals surface area contributed by atoms with Gasteiger partial charge in [-0.1, -0.05) is 18.2 Å². The van der Waals surface area contributed by atoms with Crippen LogP contribution in [-0.4, -0.2) is 11.8 Å². The first kappa shape index (κ1) is 17.5. The van der Waals surface area contributed by atoms with Crippen LogP contribution in [0.5, 0.6) is 0 Å². The minimum Gasteiger partial charge on any atom is -0.326 e. The van der Waals surface area contributed by atoms with Gasteiger partial charge in [0.25, 0.3) is 0 Å². The summed E-state index contributed by atoms with van der Waals surface area (Å²) in [7, 11) is 0. The zero-order valence-electron chi connectivity index (χ0n) is 12.2. The highest BCUT2D eigenvalue weighted by Gasteiger charge is 2.33. The van der Waals surface area contributed by atoms with E-state index in [0.717, 1.165) is 18.2 Å². The predicted octanol–water partition coefficient (Wildman–Crippen LogP) is 3.81. The Balaban J connectivity index is 2.00. The molecule has 0 aliphatic heterocycles. The van der Waals surface area contributed by atoms with Gasteiger partial charge in [0, 0.05) is 5.69 Å². The minimum atomic E-state index is -4.63. The maximum Gasteiger partial charge on any atom is 0.418 e. The summed E-state index contributed by atoms with van der Waals surface area (Å²) in [6.07, 6.45) is -5.34. The summed E-state index contributed by atoms with van der Waals surface area (Å²) in [6, 6.07) is 9.44. The highest BCUT2D eigenvalue weighted by molar-refractivity contribution is 6.08. The molecular formula is C16H12F4N2O2. The Morgan fingerprint density at radius 1 is 0.917 bits per heavy atom. The molecule has 0 atom stereocenters. The molecule has 0 saturated carbocycles. The fourth-order valence-corrected chi connectivity index (χ4v) is 1.95. The van der Waals surface area contributed by atoms with Crippen molar-refractivity contribution in [2.75, 3.05) is 10.6 Å². The first-order chi connectivity index (χ1) is 11.3. The number of benzene rings is 2. The van der Waals surface area contributed by atoms with Crippen molar-refractivity contribution in [1.29, 1.82) is 0 Å². The van der Waals surface area contributed by atoms with Crippen LogP contribution < -0.4 is 10.6 Å². The molecule has 2 aromatic rings. The van der Waals surface area contributed by atoms with E-state index in [9.17, 15) is 27.2 Å². The van der Waals surface area contributed by atoms with Crippen LogP contribution >= 0.6 is 0 Å². The average Bonchev–Trinajstić information content (AvgIpc) is 2.46. The molecule has 0 unspecified atom stereocenters. The highest BCUT2D eigenvalue weighted by Crippen LogP contribution is 2.34. The summed E-state index contributed by atoms with van der Waals surface area (Å²) >= 11 is 0. The van der Waals surface area contributed by atoms with Crippen LogP contribution in [0.4, 0.5) is 28.9 Å².